The van der Waals surface area contributed by atoms with Crippen molar-refractivity contribution < 1.29 is 9.90 Å². The van der Waals surface area contributed by atoms with Gasteiger partial charge in [-0.15, -0.1) is 0 Å². The number of piperazine rings is 1. The van der Waals surface area contributed by atoms with E-state index in [0.29, 0.717) is 37.1 Å². The fourth-order valence-corrected chi connectivity index (χ4v) is 6.65. The smallest absolute Gasteiger partial charge is 0.320 e. The molecule has 0 unspecified atom stereocenters. The molecule has 0 radical (unpaired) electrons. The van der Waals surface area contributed by atoms with Crippen LogP contribution in [0.1, 0.15) is 43.7 Å². The van der Waals surface area contributed by atoms with Crippen molar-refractivity contribution in [3.63, 3.8) is 0 Å². The monoisotopic (exact) mass is 503 g/mol. The molecule has 2 aliphatic heterocycles. The minimum atomic E-state index is -1.11. The first-order chi connectivity index (χ1) is 18.0. The maximum absolute atomic E-state index is 13.9. The lowest BCUT2D eigenvalue weighted by Crippen LogP contribution is -2.64. The molecule has 1 saturated carbocycles. The van der Waals surface area contributed by atoms with E-state index in [0.717, 1.165) is 44.3 Å². The third kappa shape index (κ3) is 4.18. The molecule has 10 heteroatoms. The minimum absolute atomic E-state index is 0.0211. The second-order valence-corrected chi connectivity index (χ2v) is 10.7. The maximum atomic E-state index is 13.9. The van der Waals surface area contributed by atoms with Crippen LogP contribution < -0.4 is 10.9 Å². The first-order valence-electron chi connectivity index (χ1n) is 13.2. The van der Waals surface area contributed by atoms with Crippen LogP contribution in [0.2, 0.25) is 0 Å². The van der Waals surface area contributed by atoms with E-state index in [1.807, 2.05) is 28.0 Å². The average molecular weight is 504 g/mol. The Balaban J connectivity index is 1.26. The number of urea groups is 1. The number of amides is 2. The Bertz CT molecular complexity index is 1340. The molecule has 1 aromatic carbocycles. The quantitative estimate of drug-likeness (QED) is 0.561. The van der Waals surface area contributed by atoms with Crippen LogP contribution in [0.15, 0.2) is 54.0 Å². The van der Waals surface area contributed by atoms with Crippen LogP contribution in [0.3, 0.4) is 0 Å². The Morgan fingerprint density at radius 1 is 1.11 bits per heavy atom. The predicted molar refractivity (Wildman–Crippen MR) is 138 cm³/mol. The SMILES string of the molecule is O=C(N1CC[C@@](O)(Cn2cnc3ncncc3c2=O)C2(CCCC2)C1)N1CCNC[C@H]1c1ccccc1. The van der Waals surface area contributed by atoms with Crippen molar-refractivity contribution in [2.75, 3.05) is 32.7 Å². The number of hydrogen-bond donors (Lipinski definition) is 2. The number of piperidine rings is 1. The van der Waals surface area contributed by atoms with Crippen molar-refractivity contribution in [3.8, 4) is 0 Å². The Kier molecular flexibility index (Phi) is 6.16. The average Bonchev–Trinajstić information content (AvgIpc) is 3.42. The zero-order chi connectivity index (χ0) is 25.5. The molecule has 1 spiro atoms. The maximum Gasteiger partial charge on any atom is 0.320 e. The lowest BCUT2D eigenvalue weighted by molar-refractivity contribution is -0.136. The van der Waals surface area contributed by atoms with E-state index in [9.17, 15) is 14.7 Å². The minimum Gasteiger partial charge on any atom is -0.387 e. The molecule has 6 rings (SSSR count). The Morgan fingerprint density at radius 2 is 1.92 bits per heavy atom. The summed E-state index contributed by atoms with van der Waals surface area (Å²) in [6, 6.07) is 10.2. The van der Waals surface area contributed by atoms with Crippen molar-refractivity contribution in [3.05, 3.63) is 65.1 Å². The van der Waals surface area contributed by atoms with Gasteiger partial charge in [-0.25, -0.2) is 19.7 Å². The molecular weight excluding hydrogens is 470 g/mol. The van der Waals surface area contributed by atoms with Gasteiger partial charge in [-0.05, 0) is 24.8 Å². The van der Waals surface area contributed by atoms with Gasteiger partial charge in [0.2, 0.25) is 0 Å². The lowest BCUT2D eigenvalue weighted by atomic mass is 9.66. The first-order valence-corrected chi connectivity index (χ1v) is 13.2. The van der Waals surface area contributed by atoms with Crippen LogP contribution >= 0.6 is 0 Å². The van der Waals surface area contributed by atoms with Crippen molar-refractivity contribution >= 4 is 17.1 Å². The number of benzene rings is 1. The molecule has 2 N–H and O–H groups in total. The molecule has 2 amide bonds. The molecule has 2 saturated heterocycles. The number of hydrogen-bond acceptors (Lipinski definition) is 7. The van der Waals surface area contributed by atoms with Crippen molar-refractivity contribution in [1.29, 1.82) is 0 Å². The highest BCUT2D eigenvalue weighted by molar-refractivity contribution is 5.75. The number of likely N-dealkylation sites (tertiary alicyclic amines) is 1. The van der Waals surface area contributed by atoms with Crippen LogP contribution in [-0.2, 0) is 6.54 Å². The Labute approximate surface area is 215 Å². The molecule has 37 heavy (non-hydrogen) atoms. The van der Waals surface area contributed by atoms with Crippen molar-refractivity contribution in [1.82, 2.24) is 34.6 Å². The highest BCUT2D eigenvalue weighted by Crippen LogP contribution is 2.51. The molecule has 3 fully saturated rings. The van der Waals surface area contributed by atoms with Crippen LogP contribution in [-0.4, -0.2) is 78.8 Å². The van der Waals surface area contributed by atoms with E-state index in [1.165, 1.54) is 23.4 Å². The van der Waals surface area contributed by atoms with Crippen LogP contribution in [0.5, 0.6) is 0 Å². The van der Waals surface area contributed by atoms with Gasteiger partial charge in [-0.1, -0.05) is 43.2 Å². The van der Waals surface area contributed by atoms with Crippen molar-refractivity contribution in [2.45, 2.75) is 50.3 Å². The van der Waals surface area contributed by atoms with Gasteiger partial charge in [0.1, 0.15) is 18.0 Å². The molecule has 10 nitrogen and oxygen atoms in total. The summed E-state index contributed by atoms with van der Waals surface area (Å²) in [7, 11) is 0. The van der Waals surface area contributed by atoms with E-state index in [1.54, 1.807) is 0 Å². The summed E-state index contributed by atoms with van der Waals surface area (Å²) in [6.07, 6.45) is 8.39. The highest BCUT2D eigenvalue weighted by atomic mass is 16.3. The molecule has 1 aliphatic carbocycles. The number of rotatable bonds is 3. The summed E-state index contributed by atoms with van der Waals surface area (Å²) in [5.41, 5.74) is -0.351. The molecule has 4 heterocycles. The third-order valence-corrected chi connectivity index (χ3v) is 8.71. The number of aliphatic hydroxyl groups is 1. The fourth-order valence-electron chi connectivity index (χ4n) is 6.65. The van der Waals surface area contributed by atoms with E-state index < -0.39 is 11.0 Å². The summed E-state index contributed by atoms with van der Waals surface area (Å²) < 4.78 is 1.49. The second kappa shape index (κ2) is 9.50. The number of nitrogens with zero attached hydrogens (tertiary/aromatic N) is 6. The van der Waals surface area contributed by atoms with Crippen LogP contribution in [0, 0.1) is 5.41 Å². The zero-order valence-electron chi connectivity index (χ0n) is 20.9. The first kappa shape index (κ1) is 24.0. The van der Waals surface area contributed by atoms with Gasteiger partial charge in [0, 0.05) is 44.3 Å². The summed E-state index contributed by atoms with van der Waals surface area (Å²) in [5, 5.41) is 15.9. The standard InChI is InChI=1S/C27H33N7O3/c35-24-21-14-29-18-30-23(21)31-19-33(24)17-27(37)10-12-32(16-26(27)8-4-5-9-26)25(36)34-13-11-28-15-22(34)20-6-2-1-3-7-20/h1-3,6-7,14,18-19,22,28,37H,4-5,8-13,15-17H2/t22-,27+/m0/s1. The second-order valence-electron chi connectivity index (χ2n) is 10.7. The molecule has 3 aromatic rings. The van der Waals surface area contributed by atoms with Gasteiger partial charge in [0.15, 0.2) is 5.65 Å². The Hall–Kier alpha value is -3.37. The molecule has 3 aliphatic rings. The summed E-state index contributed by atoms with van der Waals surface area (Å²) in [6.45, 7) is 3.21. The van der Waals surface area contributed by atoms with Crippen molar-refractivity contribution in [2.24, 2.45) is 5.41 Å². The predicted octanol–water partition coefficient (Wildman–Crippen LogP) is 1.95. The number of carbonyl (C=O) groups excluding carboxylic acids is 1. The van der Waals surface area contributed by atoms with Gasteiger partial charge in [-0.3, -0.25) is 9.36 Å². The number of carbonyl (C=O) groups is 1. The molecule has 0 bridgehead atoms. The van der Waals surface area contributed by atoms with Gasteiger partial charge in [-0.2, -0.15) is 0 Å². The zero-order valence-corrected chi connectivity index (χ0v) is 20.9. The molecule has 2 atom stereocenters. The van der Waals surface area contributed by atoms with Gasteiger partial charge in [0.25, 0.3) is 5.56 Å². The van der Waals surface area contributed by atoms with Crippen LogP contribution in [0.25, 0.3) is 11.0 Å². The molecular formula is C27H33N7O3. The van der Waals surface area contributed by atoms with Gasteiger partial charge < -0.3 is 20.2 Å². The summed E-state index contributed by atoms with van der Waals surface area (Å²) in [4.78, 5) is 43.3. The van der Waals surface area contributed by atoms with Gasteiger partial charge in [0.05, 0.1) is 18.2 Å². The van der Waals surface area contributed by atoms with E-state index in [-0.39, 0.29) is 24.2 Å². The number of fused-ring (bicyclic) bond motifs is 1. The fraction of sp³-hybridized carbons (Fsp3) is 0.519. The summed E-state index contributed by atoms with van der Waals surface area (Å²) >= 11 is 0. The molecule has 194 valence electrons. The third-order valence-electron chi connectivity index (χ3n) is 8.71. The topological polar surface area (TPSA) is 116 Å². The summed E-state index contributed by atoms with van der Waals surface area (Å²) in [5.74, 6) is 0. The molecule has 2 aromatic heterocycles. The van der Waals surface area contributed by atoms with E-state index in [4.69, 9.17) is 0 Å². The largest absolute Gasteiger partial charge is 0.387 e. The van der Waals surface area contributed by atoms with Gasteiger partial charge >= 0.3 is 6.03 Å². The van der Waals surface area contributed by atoms with E-state index in [2.05, 4.69) is 32.4 Å². The number of aromatic nitrogens is 4. The number of nitrogens with one attached hydrogen (secondary N) is 1. The van der Waals surface area contributed by atoms with E-state index >= 15 is 0 Å². The van der Waals surface area contributed by atoms with Crippen LogP contribution in [0.4, 0.5) is 4.79 Å². The normalized spacial score (nSPS) is 25.6. The lowest BCUT2D eigenvalue weighted by Gasteiger charge is -2.53. The highest BCUT2D eigenvalue weighted by Gasteiger charge is 2.56. The Morgan fingerprint density at radius 3 is 2.73 bits per heavy atom.